The first-order chi connectivity index (χ1) is 7.18. The van der Waals surface area contributed by atoms with E-state index in [0.29, 0.717) is 5.69 Å². The Morgan fingerprint density at radius 1 is 1.20 bits per heavy atom. The van der Waals surface area contributed by atoms with E-state index in [-0.39, 0.29) is 17.1 Å². The fourth-order valence-electron chi connectivity index (χ4n) is 1.34. The van der Waals surface area contributed by atoms with Crippen LogP contribution in [0.15, 0.2) is 47.4 Å². The molecule has 0 spiro atoms. The van der Waals surface area contributed by atoms with Crippen LogP contribution in [0.4, 0.5) is 10.1 Å². The Kier molecular flexibility index (Phi) is 2.25. The summed E-state index contributed by atoms with van der Waals surface area (Å²) in [6.45, 7) is 0. The standard InChI is InChI=1S/C11H9FN2O/c12-8-3-1-4-9(7-8)14-6-2-5-10(13)11(14)15/h1-7H,13H2. The van der Waals surface area contributed by atoms with Gasteiger partial charge in [0, 0.05) is 6.20 Å². The number of rotatable bonds is 1. The van der Waals surface area contributed by atoms with Gasteiger partial charge in [-0.2, -0.15) is 0 Å². The maximum absolute atomic E-state index is 12.9. The van der Waals surface area contributed by atoms with Crippen LogP contribution in [0.5, 0.6) is 0 Å². The third-order valence-electron chi connectivity index (χ3n) is 2.06. The number of hydrogen-bond acceptors (Lipinski definition) is 2. The predicted octanol–water partition coefficient (Wildman–Crippen LogP) is 1.56. The van der Waals surface area contributed by atoms with E-state index in [0.717, 1.165) is 0 Å². The summed E-state index contributed by atoms with van der Waals surface area (Å²) in [5, 5.41) is 0. The van der Waals surface area contributed by atoms with Gasteiger partial charge in [0.05, 0.1) is 11.4 Å². The molecule has 0 atom stereocenters. The third-order valence-corrected chi connectivity index (χ3v) is 2.06. The molecule has 2 rings (SSSR count). The van der Waals surface area contributed by atoms with E-state index in [9.17, 15) is 9.18 Å². The molecule has 0 amide bonds. The highest BCUT2D eigenvalue weighted by molar-refractivity contribution is 5.40. The van der Waals surface area contributed by atoms with Crippen molar-refractivity contribution in [2.75, 3.05) is 5.73 Å². The molecular formula is C11H9FN2O. The predicted molar refractivity (Wildman–Crippen MR) is 56.4 cm³/mol. The quantitative estimate of drug-likeness (QED) is 0.766. The Bertz CT molecular complexity index is 548. The molecular weight excluding hydrogens is 195 g/mol. The van der Waals surface area contributed by atoms with E-state index in [1.807, 2.05) is 0 Å². The lowest BCUT2D eigenvalue weighted by Crippen LogP contribution is -2.20. The number of benzene rings is 1. The largest absolute Gasteiger partial charge is 0.394 e. The SMILES string of the molecule is Nc1cccn(-c2cccc(F)c2)c1=O. The maximum Gasteiger partial charge on any atom is 0.278 e. The molecule has 2 N–H and O–H groups in total. The Labute approximate surface area is 85.6 Å². The third kappa shape index (κ3) is 1.74. The molecule has 0 bridgehead atoms. The van der Waals surface area contributed by atoms with E-state index in [1.54, 1.807) is 24.4 Å². The van der Waals surface area contributed by atoms with Gasteiger partial charge in [-0.3, -0.25) is 9.36 Å². The van der Waals surface area contributed by atoms with Crippen molar-refractivity contribution in [3.8, 4) is 5.69 Å². The molecule has 3 nitrogen and oxygen atoms in total. The normalized spacial score (nSPS) is 10.2. The van der Waals surface area contributed by atoms with Crippen LogP contribution < -0.4 is 11.3 Å². The molecule has 0 aliphatic carbocycles. The van der Waals surface area contributed by atoms with Crippen molar-refractivity contribution in [1.29, 1.82) is 0 Å². The van der Waals surface area contributed by atoms with Crippen molar-refractivity contribution in [2.24, 2.45) is 0 Å². The van der Waals surface area contributed by atoms with Gasteiger partial charge in [0.15, 0.2) is 0 Å². The van der Waals surface area contributed by atoms with E-state index >= 15 is 0 Å². The summed E-state index contributed by atoms with van der Waals surface area (Å²) in [5.74, 6) is -0.387. The lowest BCUT2D eigenvalue weighted by atomic mass is 10.3. The number of nitrogens with two attached hydrogens (primary N) is 1. The minimum Gasteiger partial charge on any atom is -0.394 e. The van der Waals surface area contributed by atoms with Gasteiger partial charge < -0.3 is 5.73 Å². The van der Waals surface area contributed by atoms with Gasteiger partial charge in [-0.05, 0) is 30.3 Å². The number of nitrogens with zero attached hydrogens (tertiary/aromatic N) is 1. The summed E-state index contributed by atoms with van der Waals surface area (Å²) in [4.78, 5) is 11.6. The van der Waals surface area contributed by atoms with Crippen molar-refractivity contribution in [3.63, 3.8) is 0 Å². The zero-order chi connectivity index (χ0) is 10.8. The van der Waals surface area contributed by atoms with Crippen LogP contribution in [0.1, 0.15) is 0 Å². The Morgan fingerprint density at radius 3 is 2.73 bits per heavy atom. The van der Waals surface area contributed by atoms with Crippen molar-refractivity contribution >= 4 is 5.69 Å². The Hall–Kier alpha value is -2.10. The Balaban J connectivity index is 2.65. The van der Waals surface area contributed by atoms with Gasteiger partial charge in [-0.15, -0.1) is 0 Å². The number of hydrogen-bond donors (Lipinski definition) is 1. The summed E-state index contributed by atoms with van der Waals surface area (Å²) in [6, 6.07) is 8.94. The molecule has 0 radical (unpaired) electrons. The highest BCUT2D eigenvalue weighted by atomic mass is 19.1. The van der Waals surface area contributed by atoms with E-state index < -0.39 is 0 Å². The second-order valence-corrected chi connectivity index (χ2v) is 3.12. The van der Waals surface area contributed by atoms with Crippen molar-refractivity contribution in [2.45, 2.75) is 0 Å². The van der Waals surface area contributed by atoms with E-state index in [1.165, 1.54) is 22.8 Å². The fraction of sp³-hybridized carbons (Fsp3) is 0. The smallest absolute Gasteiger partial charge is 0.278 e. The highest BCUT2D eigenvalue weighted by Gasteiger charge is 2.02. The molecule has 4 heteroatoms. The van der Waals surface area contributed by atoms with Crippen LogP contribution in [0.3, 0.4) is 0 Å². The van der Waals surface area contributed by atoms with Crippen LogP contribution in [-0.2, 0) is 0 Å². The summed E-state index contributed by atoms with van der Waals surface area (Å²) in [5.41, 5.74) is 5.73. The molecule has 0 unspecified atom stereocenters. The number of halogens is 1. The van der Waals surface area contributed by atoms with Crippen LogP contribution in [0.2, 0.25) is 0 Å². The molecule has 0 saturated carbocycles. The molecule has 2 aromatic rings. The average Bonchev–Trinajstić information content (AvgIpc) is 2.22. The molecule has 1 aromatic carbocycles. The van der Waals surface area contributed by atoms with Gasteiger partial charge in [0.25, 0.3) is 5.56 Å². The van der Waals surface area contributed by atoms with Crippen molar-refractivity contribution in [3.05, 3.63) is 58.8 Å². The average molecular weight is 204 g/mol. The topological polar surface area (TPSA) is 48.0 Å². The molecule has 76 valence electrons. The van der Waals surface area contributed by atoms with Crippen molar-refractivity contribution < 1.29 is 4.39 Å². The first kappa shape index (κ1) is 9.45. The number of pyridine rings is 1. The van der Waals surface area contributed by atoms with Gasteiger partial charge in [0.1, 0.15) is 5.82 Å². The second kappa shape index (κ2) is 3.57. The maximum atomic E-state index is 12.9. The molecule has 1 heterocycles. The monoisotopic (exact) mass is 204 g/mol. The van der Waals surface area contributed by atoms with Crippen LogP contribution in [0, 0.1) is 5.82 Å². The zero-order valence-corrected chi connectivity index (χ0v) is 7.85. The molecule has 1 aromatic heterocycles. The fourth-order valence-corrected chi connectivity index (χ4v) is 1.34. The second-order valence-electron chi connectivity index (χ2n) is 3.12. The van der Waals surface area contributed by atoms with Gasteiger partial charge >= 0.3 is 0 Å². The van der Waals surface area contributed by atoms with Crippen molar-refractivity contribution in [1.82, 2.24) is 4.57 Å². The molecule has 0 fully saturated rings. The lowest BCUT2D eigenvalue weighted by molar-refractivity contribution is 0.626. The molecule has 0 aliphatic heterocycles. The number of nitrogen functional groups attached to an aromatic ring is 1. The molecule has 0 saturated heterocycles. The Morgan fingerprint density at radius 2 is 2.00 bits per heavy atom. The summed E-state index contributed by atoms with van der Waals surface area (Å²) >= 11 is 0. The molecule has 0 aliphatic rings. The zero-order valence-electron chi connectivity index (χ0n) is 7.85. The van der Waals surface area contributed by atoms with Crippen LogP contribution in [-0.4, -0.2) is 4.57 Å². The van der Waals surface area contributed by atoms with Crippen LogP contribution in [0.25, 0.3) is 5.69 Å². The summed E-state index contributed by atoms with van der Waals surface area (Å²) in [6.07, 6.45) is 1.55. The molecule has 15 heavy (non-hydrogen) atoms. The van der Waals surface area contributed by atoms with Gasteiger partial charge in [0.2, 0.25) is 0 Å². The number of anilines is 1. The first-order valence-corrected chi connectivity index (χ1v) is 4.41. The number of aromatic nitrogens is 1. The van der Waals surface area contributed by atoms with Gasteiger partial charge in [-0.25, -0.2) is 4.39 Å². The van der Waals surface area contributed by atoms with Gasteiger partial charge in [-0.1, -0.05) is 6.07 Å². The summed E-state index contributed by atoms with van der Waals surface area (Å²) in [7, 11) is 0. The van der Waals surface area contributed by atoms with E-state index in [4.69, 9.17) is 5.73 Å². The first-order valence-electron chi connectivity index (χ1n) is 4.41. The highest BCUT2D eigenvalue weighted by Crippen LogP contribution is 2.07. The summed E-state index contributed by atoms with van der Waals surface area (Å²) < 4.78 is 14.2. The van der Waals surface area contributed by atoms with E-state index in [2.05, 4.69) is 0 Å². The minimum atomic E-state index is -0.387. The minimum absolute atomic E-state index is 0.141. The van der Waals surface area contributed by atoms with Crippen LogP contribution >= 0.6 is 0 Å². The lowest BCUT2D eigenvalue weighted by Gasteiger charge is -2.05.